The summed E-state index contributed by atoms with van der Waals surface area (Å²) in [6.45, 7) is 11.5. The van der Waals surface area contributed by atoms with Crippen LogP contribution in [0.25, 0.3) is 0 Å². The Morgan fingerprint density at radius 2 is 1.59 bits per heavy atom. The Labute approximate surface area is 178 Å². The minimum Gasteiger partial charge on any atom is -0.549 e. The highest BCUT2D eigenvalue weighted by atomic mass is 28.4. The van der Waals surface area contributed by atoms with Crippen molar-refractivity contribution in [1.29, 1.82) is 0 Å². The van der Waals surface area contributed by atoms with Gasteiger partial charge in [0, 0.05) is 6.42 Å². The molecule has 0 heterocycles. The molecule has 1 atom stereocenters. The van der Waals surface area contributed by atoms with Gasteiger partial charge in [0.05, 0.1) is 12.4 Å². The maximum Gasteiger partial charge on any atom is 0.249 e. The molecule has 1 unspecified atom stereocenters. The molecule has 4 aliphatic carbocycles. The summed E-state index contributed by atoms with van der Waals surface area (Å²) >= 11 is 0. The van der Waals surface area contributed by atoms with E-state index in [2.05, 4.69) is 64.4 Å². The first-order chi connectivity index (χ1) is 13.6. The van der Waals surface area contributed by atoms with Crippen LogP contribution in [0, 0.1) is 23.2 Å². The van der Waals surface area contributed by atoms with Gasteiger partial charge in [-0.05, 0) is 91.0 Å². The van der Waals surface area contributed by atoms with Gasteiger partial charge < -0.3 is 9.53 Å². The minimum atomic E-state index is -1.91. The van der Waals surface area contributed by atoms with Crippen molar-refractivity contribution in [2.75, 3.05) is 0 Å². The van der Waals surface area contributed by atoms with Gasteiger partial charge in [0.25, 0.3) is 0 Å². The van der Waals surface area contributed by atoms with Crippen molar-refractivity contribution < 1.29 is 9.53 Å². The molecule has 29 heavy (non-hydrogen) atoms. The highest BCUT2D eigenvalue weighted by Crippen LogP contribution is 2.63. The van der Waals surface area contributed by atoms with Crippen LogP contribution in [0.1, 0.15) is 64.9 Å². The second kappa shape index (κ2) is 7.57. The molecule has 4 saturated carbocycles. The fourth-order valence-corrected chi connectivity index (χ4v) is 7.13. The number of rotatable bonds is 6. The molecule has 0 amide bonds. The standard InChI is InChI=1S/C26H40O2Si/c1-25(2,3)29(4,5)28-18-23(24(27)14-19-9-7-6-8-10-19)26-15-20-11-21(16-26)13-22(12-20)17-26/h6-10,18,20-22,24,27H,11-17H2,1-5H3. The predicted molar refractivity (Wildman–Crippen MR) is 123 cm³/mol. The van der Waals surface area contributed by atoms with Crippen LogP contribution < -0.4 is 0 Å². The van der Waals surface area contributed by atoms with E-state index in [9.17, 15) is 5.11 Å². The lowest BCUT2D eigenvalue weighted by Crippen LogP contribution is -2.49. The molecule has 4 bridgehead atoms. The van der Waals surface area contributed by atoms with Gasteiger partial charge in [0.15, 0.2) is 0 Å². The predicted octanol–water partition coefficient (Wildman–Crippen LogP) is 6.71. The molecule has 1 N–H and O–H groups in total. The smallest absolute Gasteiger partial charge is 0.249 e. The van der Waals surface area contributed by atoms with Crippen LogP contribution >= 0.6 is 0 Å². The Hall–Kier alpha value is -1.06. The Balaban J connectivity index is 1.65. The van der Waals surface area contributed by atoms with Crippen LogP contribution in [0.5, 0.6) is 0 Å². The van der Waals surface area contributed by atoms with Crippen molar-refractivity contribution in [3.8, 4) is 0 Å². The van der Waals surface area contributed by atoms with E-state index in [-0.39, 0.29) is 10.5 Å². The quantitative estimate of drug-likeness (QED) is 0.415. The summed E-state index contributed by atoms with van der Waals surface area (Å²) < 4.78 is 6.62. The van der Waals surface area contributed by atoms with E-state index in [4.69, 9.17) is 4.43 Å². The van der Waals surface area contributed by atoms with Gasteiger partial charge in [0.2, 0.25) is 8.32 Å². The molecule has 160 valence electrons. The second-order valence-corrected chi connectivity index (χ2v) is 16.6. The van der Waals surface area contributed by atoms with Crippen molar-refractivity contribution in [3.05, 3.63) is 47.7 Å². The van der Waals surface area contributed by atoms with Crippen LogP contribution in [0.4, 0.5) is 0 Å². The Bertz CT molecular complexity index is 708. The largest absolute Gasteiger partial charge is 0.549 e. The van der Waals surface area contributed by atoms with E-state index in [1.54, 1.807) is 0 Å². The molecule has 1 aromatic carbocycles. The maximum absolute atomic E-state index is 11.5. The summed E-state index contributed by atoms with van der Waals surface area (Å²) in [5, 5.41) is 11.7. The molecule has 0 aliphatic heterocycles. The van der Waals surface area contributed by atoms with Crippen LogP contribution in [0.15, 0.2) is 42.2 Å². The number of hydrogen-bond acceptors (Lipinski definition) is 2. The lowest BCUT2D eigenvalue weighted by atomic mass is 9.47. The molecule has 0 radical (unpaired) electrons. The van der Waals surface area contributed by atoms with E-state index in [0.29, 0.717) is 6.42 Å². The topological polar surface area (TPSA) is 29.5 Å². The van der Waals surface area contributed by atoms with Crippen molar-refractivity contribution in [2.45, 2.75) is 90.0 Å². The lowest BCUT2D eigenvalue weighted by Gasteiger charge is -2.58. The summed E-state index contributed by atoms with van der Waals surface area (Å²) in [6, 6.07) is 10.5. The van der Waals surface area contributed by atoms with E-state index >= 15 is 0 Å². The van der Waals surface area contributed by atoms with Gasteiger partial charge in [-0.2, -0.15) is 0 Å². The molecule has 4 aliphatic rings. The molecule has 3 heteroatoms. The first-order valence-corrected chi connectivity index (χ1v) is 14.6. The Kier molecular flexibility index (Phi) is 5.53. The zero-order valence-corrected chi connectivity index (χ0v) is 20.1. The summed E-state index contributed by atoms with van der Waals surface area (Å²) in [5.41, 5.74) is 2.60. The number of hydrogen-bond donors (Lipinski definition) is 1. The fraction of sp³-hybridized carbons (Fsp3) is 0.692. The van der Waals surface area contributed by atoms with Crippen LogP contribution in [-0.2, 0) is 10.8 Å². The third kappa shape index (κ3) is 4.23. The molecular weight excluding hydrogens is 372 g/mol. The molecule has 1 aromatic rings. The molecule has 0 spiro atoms. The minimum absolute atomic E-state index is 0.167. The average molecular weight is 413 g/mol. The highest BCUT2D eigenvalue weighted by molar-refractivity contribution is 6.74. The van der Waals surface area contributed by atoms with E-state index in [0.717, 1.165) is 17.8 Å². The molecule has 0 aromatic heterocycles. The van der Waals surface area contributed by atoms with Gasteiger partial charge in [-0.1, -0.05) is 51.1 Å². The number of benzene rings is 1. The van der Waals surface area contributed by atoms with Crippen LogP contribution in [0.3, 0.4) is 0 Å². The van der Waals surface area contributed by atoms with Gasteiger partial charge in [-0.3, -0.25) is 0 Å². The number of aliphatic hydroxyl groups is 1. The van der Waals surface area contributed by atoms with E-state index in [1.807, 2.05) is 6.07 Å². The van der Waals surface area contributed by atoms with Crippen molar-refractivity contribution in [2.24, 2.45) is 23.2 Å². The third-order valence-corrected chi connectivity index (χ3v) is 12.9. The highest BCUT2D eigenvalue weighted by Gasteiger charge is 2.53. The number of aliphatic hydroxyl groups excluding tert-OH is 1. The van der Waals surface area contributed by atoms with Gasteiger partial charge >= 0.3 is 0 Å². The SMILES string of the molecule is CC(C)(C)[Si](C)(C)OC=C(C(O)Cc1ccccc1)C12CC3CC(CC(C3)C1)C2. The van der Waals surface area contributed by atoms with Gasteiger partial charge in [0.1, 0.15) is 0 Å². The molecule has 5 rings (SSSR count). The van der Waals surface area contributed by atoms with Gasteiger partial charge in [-0.15, -0.1) is 0 Å². The van der Waals surface area contributed by atoms with Crippen LogP contribution in [0.2, 0.25) is 18.1 Å². The summed E-state index contributed by atoms with van der Waals surface area (Å²) in [5.74, 6) is 2.59. The van der Waals surface area contributed by atoms with E-state index < -0.39 is 14.4 Å². The second-order valence-electron chi connectivity index (χ2n) is 11.9. The molecule has 2 nitrogen and oxygen atoms in total. The summed E-state index contributed by atoms with van der Waals surface area (Å²) in [7, 11) is -1.91. The van der Waals surface area contributed by atoms with Crippen molar-refractivity contribution in [1.82, 2.24) is 0 Å². The average Bonchev–Trinajstić information content (AvgIpc) is 2.60. The zero-order valence-electron chi connectivity index (χ0n) is 19.1. The van der Waals surface area contributed by atoms with Gasteiger partial charge in [-0.25, -0.2) is 0 Å². The fourth-order valence-electron chi connectivity index (χ4n) is 6.36. The first kappa shape index (κ1) is 21.2. The summed E-state index contributed by atoms with van der Waals surface area (Å²) in [6.07, 6.45) is 10.4. The van der Waals surface area contributed by atoms with Crippen molar-refractivity contribution in [3.63, 3.8) is 0 Å². The molecule has 4 fully saturated rings. The van der Waals surface area contributed by atoms with E-state index in [1.165, 1.54) is 49.7 Å². The Morgan fingerprint density at radius 3 is 2.07 bits per heavy atom. The third-order valence-electron chi connectivity index (χ3n) is 8.57. The zero-order chi connectivity index (χ0) is 20.9. The monoisotopic (exact) mass is 412 g/mol. The first-order valence-electron chi connectivity index (χ1n) is 11.7. The Morgan fingerprint density at radius 1 is 1.07 bits per heavy atom. The lowest BCUT2D eigenvalue weighted by molar-refractivity contribution is -0.0424. The molecular formula is C26H40O2Si. The van der Waals surface area contributed by atoms with Crippen molar-refractivity contribution >= 4 is 8.32 Å². The molecule has 0 saturated heterocycles. The summed E-state index contributed by atoms with van der Waals surface area (Å²) in [4.78, 5) is 0. The normalized spacial score (nSPS) is 33.0. The maximum atomic E-state index is 11.5. The van der Waals surface area contributed by atoms with Crippen LogP contribution in [-0.4, -0.2) is 19.5 Å².